The Morgan fingerprint density at radius 1 is 1.23 bits per heavy atom. The zero-order valence-electron chi connectivity index (χ0n) is 13.5. The number of rotatable bonds is 5. The monoisotopic (exact) mass is 290 g/mol. The van der Waals surface area contributed by atoms with Crippen molar-refractivity contribution in [3.05, 3.63) is 77.6 Å². The molecule has 1 heterocycles. The van der Waals surface area contributed by atoms with Crippen LogP contribution in [0, 0.1) is 13.8 Å². The Kier molecular flexibility index (Phi) is 5.42. The average molecular weight is 290 g/mol. The van der Waals surface area contributed by atoms with Crippen molar-refractivity contribution in [3.8, 4) is 11.3 Å². The normalized spacial score (nSPS) is 11.4. The molecule has 2 nitrogen and oxygen atoms in total. The van der Waals surface area contributed by atoms with Gasteiger partial charge in [-0.05, 0) is 68.2 Å². The van der Waals surface area contributed by atoms with Gasteiger partial charge in [-0.1, -0.05) is 24.8 Å². The minimum Gasteiger partial charge on any atom is -0.262 e. The van der Waals surface area contributed by atoms with Crippen molar-refractivity contribution in [3.63, 3.8) is 0 Å². The quantitative estimate of drug-likeness (QED) is 0.706. The van der Waals surface area contributed by atoms with Crippen LogP contribution in [0.1, 0.15) is 23.6 Å². The number of nitrogens with zero attached hydrogens (tertiary/aromatic N) is 2. The average Bonchev–Trinajstić information content (AvgIpc) is 2.49. The summed E-state index contributed by atoms with van der Waals surface area (Å²) in [6.07, 6.45) is 8.59. The third-order valence-electron chi connectivity index (χ3n) is 3.48. The van der Waals surface area contributed by atoms with Gasteiger partial charge in [0, 0.05) is 23.7 Å². The molecule has 2 aromatic rings. The predicted octanol–water partition coefficient (Wildman–Crippen LogP) is 5.07. The first-order valence-electron chi connectivity index (χ1n) is 7.44. The van der Waals surface area contributed by atoms with Gasteiger partial charge in [0.15, 0.2) is 0 Å². The van der Waals surface area contributed by atoms with Crippen molar-refractivity contribution in [2.75, 3.05) is 0 Å². The van der Waals surface area contributed by atoms with E-state index in [4.69, 9.17) is 0 Å². The van der Waals surface area contributed by atoms with E-state index in [9.17, 15) is 0 Å². The number of hydrogen-bond acceptors (Lipinski definition) is 2. The highest BCUT2D eigenvalue weighted by atomic mass is 14.7. The second kappa shape index (κ2) is 7.51. The minimum atomic E-state index is 0.814. The molecule has 0 unspecified atom stereocenters. The lowest BCUT2D eigenvalue weighted by atomic mass is 9.96. The lowest BCUT2D eigenvalue weighted by Gasteiger charge is -2.11. The summed E-state index contributed by atoms with van der Waals surface area (Å²) in [5, 5.41) is 0. The second-order valence-electron chi connectivity index (χ2n) is 5.45. The molecule has 112 valence electrons. The highest BCUT2D eigenvalue weighted by Gasteiger charge is 2.06. The van der Waals surface area contributed by atoms with Gasteiger partial charge in [-0.25, -0.2) is 0 Å². The van der Waals surface area contributed by atoms with Gasteiger partial charge in [-0.3, -0.25) is 9.98 Å². The number of hydrogen-bond donors (Lipinski definition) is 0. The molecule has 2 heteroatoms. The van der Waals surface area contributed by atoms with E-state index in [1.54, 1.807) is 6.21 Å². The highest BCUT2D eigenvalue weighted by Crippen LogP contribution is 2.25. The Balaban J connectivity index is 2.24. The number of aryl methyl sites for hydroxylation is 2. The van der Waals surface area contributed by atoms with Gasteiger partial charge >= 0.3 is 0 Å². The summed E-state index contributed by atoms with van der Waals surface area (Å²) in [7, 11) is 0. The summed E-state index contributed by atoms with van der Waals surface area (Å²) < 4.78 is 0. The minimum absolute atomic E-state index is 0.814. The van der Waals surface area contributed by atoms with Crippen LogP contribution in [0.2, 0.25) is 0 Å². The van der Waals surface area contributed by atoms with Gasteiger partial charge in [0.05, 0.1) is 5.69 Å². The van der Waals surface area contributed by atoms with Crippen LogP contribution in [-0.2, 0) is 6.42 Å². The predicted molar refractivity (Wildman–Crippen MR) is 95.3 cm³/mol. The first kappa shape index (κ1) is 15.9. The topological polar surface area (TPSA) is 25.2 Å². The third kappa shape index (κ3) is 4.26. The highest BCUT2D eigenvalue weighted by molar-refractivity contribution is 5.72. The van der Waals surface area contributed by atoms with E-state index in [-0.39, 0.29) is 0 Å². The van der Waals surface area contributed by atoms with Crippen molar-refractivity contribution < 1.29 is 0 Å². The Morgan fingerprint density at radius 3 is 2.73 bits per heavy atom. The second-order valence-corrected chi connectivity index (χ2v) is 5.45. The van der Waals surface area contributed by atoms with Crippen molar-refractivity contribution >= 4 is 6.21 Å². The fourth-order valence-corrected chi connectivity index (χ4v) is 2.34. The zero-order chi connectivity index (χ0) is 15.9. The van der Waals surface area contributed by atoms with Gasteiger partial charge in [-0.15, -0.1) is 0 Å². The molecule has 0 atom stereocenters. The molecule has 1 aromatic carbocycles. The molecule has 0 amide bonds. The number of aliphatic imine (C=N–C) groups is 1. The van der Waals surface area contributed by atoms with Gasteiger partial charge in [0.1, 0.15) is 0 Å². The first-order valence-corrected chi connectivity index (χ1v) is 7.44. The molecule has 0 radical (unpaired) electrons. The molecule has 0 bridgehead atoms. The van der Waals surface area contributed by atoms with Crippen LogP contribution in [0.5, 0.6) is 0 Å². The van der Waals surface area contributed by atoms with Gasteiger partial charge in [-0.2, -0.15) is 0 Å². The molecule has 0 spiro atoms. The summed E-state index contributed by atoms with van der Waals surface area (Å²) in [5.41, 5.74) is 6.91. The summed E-state index contributed by atoms with van der Waals surface area (Å²) in [6.45, 7) is 9.91. The standard InChI is InChI=1S/C20H22N2/c1-15(2)21-11-7-5-9-18-14-19(17(4)13-16(18)3)20-10-6-8-12-22-20/h5-8,10-14H,1,9H2,2-4H3/b7-5-,21-11-. The van der Waals surface area contributed by atoms with E-state index >= 15 is 0 Å². The largest absolute Gasteiger partial charge is 0.262 e. The molecule has 0 aliphatic carbocycles. The Hall–Kier alpha value is -2.48. The Bertz CT molecular complexity index is 710. The van der Waals surface area contributed by atoms with Crippen LogP contribution >= 0.6 is 0 Å². The molecule has 0 aliphatic heterocycles. The van der Waals surface area contributed by atoms with Crippen LogP contribution in [0.15, 0.2) is 65.9 Å². The van der Waals surface area contributed by atoms with E-state index in [1.165, 1.54) is 22.3 Å². The molecule has 0 fully saturated rings. The van der Waals surface area contributed by atoms with E-state index in [0.717, 1.165) is 17.8 Å². The third-order valence-corrected chi connectivity index (χ3v) is 3.48. The summed E-state index contributed by atoms with van der Waals surface area (Å²) in [5.74, 6) is 0. The Labute approximate surface area is 133 Å². The molecular formula is C20H22N2. The van der Waals surface area contributed by atoms with E-state index in [1.807, 2.05) is 31.3 Å². The maximum atomic E-state index is 4.46. The molecule has 0 N–H and O–H groups in total. The molecular weight excluding hydrogens is 268 g/mol. The van der Waals surface area contributed by atoms with Crippen molar-refractivity contribution in [2.45, 2.75) is 27.2 Å². The fraction of sp³-hybridized carbons (Fsp3) is 0.200. The Morgan fingerprint density at radius 2 is 2.05 bits per heavy atom. The summed E-state index contributed by atoms with van der Waals surface area (Å²) in [4.78, 5) is 8.60. The van der Waals surface area contributed by atoms with Crippen LogP contribution in [0.3, 0.4) is 0 Å². The maximum absolute atomic E-state index is 4.46. The lowest BCUT2D eigenvalue weighted by molar-refractivity contribution is 1.19. The maximum Gasteiger partial charge on any atom is 0.0704 e. The van der Waals surface area contributed by atoms with Crippen LogP contribution < -0.4 is 0 Å². The smallest absolute Gasteiger partial charge is 0.0704 e. The summed E-state index contributed by atoms with van der Waals surface area (Å²) in [6, 6.07) is 10.5. The van der Waals surface area contributed by atoms with E-state index in [2.05, 4.69) is 54.7 Å². The van der Waals surface area contributed by atoms with Crippen molar-refractivity contribution in [2.24, 2.45) is 4.99 Å². The van der Waals surface area contributed by atoms with Gasteiger partial charge < -0.3 is 0 Å². The van der Waals surface area contributed by atoms with Gasteiger partial charge in [0.2, 0.25) is 0 Å². The molecule has 0 aliphatic rings. The SMILES string of the molecule is C=C(C)/N=C\C=C/Cc1cc(-c2ccccn2)c(C)cc1C. The van der Waals surface area contributed by atoms with Crippen LogP contribution in [-0.4, -0.2) is 11.2 Å². The molecule has 2 rings (SSSR count). The lowest BCUT2D eigenvalue weighted by Crippen LogP contribution is -1.93. The summed E-state index contributed by atoms with van der Waals surface area (Å²) >= 11 is 0. The number of benzene rings is 1. The first-order chi connectivity index (χ1) is 10.6. The van der Waals surface area contributed by atoms with Crippen LogP contribution in [0.4, 0.5) is 0 Å². The molecule has 0 saturated heterocycles. The van der Waals surface area contributed by atoms with E-state index in [0.29, 0.717) is 0 Å². The zero-order valence-corrected chi connectivity index (χ0v) is 13.5. The number of pyridine rings is 1. The van der Waals surface area contributed by atoms with Crippen molar-refractivity contribution in [1.82, 2.24) is 4.98 Å². The number of aromatic nitrogens is 1. The van der Waals surface area contributed by atoms with Crippen molar-refractivity contribution in [1.29, 1.82) is 0 Å². The number of allylic oxidation sites excluding steroid dienone is 3. The fourth-order valence-electron chi connectivity index (χ4n) is 2.34. The molecule has 0 saturated carbocycles. The molecule has 1 aromatic heterocycles. The van der Waals surface area contributed by atoms with E-state index < -0.39 is 0 Å². The van der Waals surface area contributed by atoms with Gasteiger partial charge in [0.25, 0.3) is 0 Å². The van der Waals surface area contributed by atoms with Crippen LogP contribution in [0.25, 0.3) is 11.3 Å². The molecule has 22 heavy (non-hydrogen) atoms.